The molecule has 1 aromatic heterocycles. The van der Waals surface area contributed by atoms with Crippen LogP contribution in [0.2, 0.25) is 0 Å². The molecule has 2 amide bonds. The molecule has 1 atom stereocenters. The molecule has 5 nitrogen and oxygen atoms in total. The number of rotatable bonds is 6. The van der Waals surface area contributed by atoms with E-state index in [2.05, 4.69) is 5.32 Å². The molecule has 6 heteroatoms. The van der Waals surface area contributed by atoms with Crippen molar-refractivity contribution in [3.05, 3.63) is 76.0 Å². The van der Waals surface area contributed by atoms with E-state index in [1.54, 1.807) is 23.5 Å². The van der Waals surface area contributed by atoms with Gasteiger partial charge in [0.2, 0.25) is 11.8 Å². The van der Waals surface area contributed by atoms with Crippen LogP contribution in [0.3, 0.4) is 0 Å². The maximum Gasteiger partial charge on any atom is 0.248 e. The molecular formula is C22H20N2O3S. The number of benzene rings is 2. The molecule has 3 aromatic rings. The molecule has 0 saturated heterocycles. The van der Waals surface area contributed by atoms with Gasteiger partial charge in [-0.25, -0.2) is 0 Å². The van der Waals surface area contributed by atoms with Crippen molar-refractivity contribution in [3.63, 3.8) is 0 Å². The predicted molar refractivity (Wildman–Crippen MR) is 110 cm³/mol. The van der Waals surface area contributed by atoms with Gasteiger partial charge in [-0.3, -0.25) is 9.59 Å². The number of para-hydroxylation sites is 1. The summed E-state index contributed by atoms with van der Waals surface area (Å²) in [7, 11) is 0. The molecule has 28 heavy (non-hydrogen) atoms. The number of primary amides is 1. The fraction of sp³-hybridized carbons (Fsp3) is 0.182. The molecule has 1 aliphatic rings. The molecule has 2 aromatic carbocycles. The third-order valence-corrected chi connectivity index (χ3v) is 5.51. The lowest BCUT2D eigenvalue weighted by atomic mass is 9.99. The van der Waals surface area contributed by atoms with Crippen molar-refractivity contribution >= 4 is 23.2 Å². The van der Waals surface area contributed by atoms with E-state index in [4.69, 9.17) is 10.5 Å². The Morgan fingerprint density at radius 2 is 1.96 bits per heavy atom. The molecule has 0 bridgehead atoms. The standard InChI is InChI=1S/C22H20N2O3S/c23-22(26)16-6-4-15(5-7-16)19-3-1-2-17-11-18(27-21(17)19)12-24-20(25)10-14-8-9-28-13-14/h1-9,13,18H,10-12H2,(H2,23,26)(H,24,25). The molecule has 0 fully saturated rings. The number of carbonyl (C=O) groups excluding carboxylic acids is 2. The van der Waals surface area contributed by atoms with E-state index in [0.717, 1.165) is 34.4 Å². The van der Waals surface area contributed by atoms with Crippen LogP contribution in [0.15, 0.2) is 59.3 Å². The number of fused-ring (bicyclic) bond motifs is 1. The lowest BCUT2D eigenvalue weighted by molar-refractivity contribution is -0.120. The number of amides is 2. The fourth-order valence-corrected chi connectivity index (χ4v) is 4.03. The molecule has 0 saturated carbocycles. The summed E-state index contributed by atoms with van der Waals surface area (Å²) < 4.78 is 6.15. The van der Waals surface area contributed by atoms with Crippen molar-refractivity contribution in [1.82, 2.24) is 5.32 Å². The van der Waals surface area contributed by atoms with Gasteiger partial charge in [0, 0.05) is 17.5 Å². The largest absolute Gasteiger partial charge is 0.487 e. The van der Waals surface area contributed by atoms with Gasteiger partial charge < -0.3 is 15.8 Å². The molecule has 142 valence electrons. The molecule has 3 N–H and O–H groups in total. The minimum atomic E-state index is -0.445. The zero-order valence-electron chi connectivity index (χ0n) is 15.2. The van der Waals surface area contributed by atoms with Crippen molar-refractivity contribution in [2.75, 3.05) is 6.54 Å². The highest BCUT2D eigenvalue weighted by atomic mass is 32.1. The summed E-state index contributed by atoms with van der Waals surface area (Å²) in [6.45, 7) is 0.470. The van der Waals surface area contributed by atoms with E-state index in [1.165, 1.54) is 0 Å². The average molecular weight is 392 g/mol. The van der Waals surface area contributed by atoms with E-state index in [9.17, 15) is 9.59 Å². The van der Waals surface area contributed by atoms with Crippen molar-refractivity contribution in [2.45, 2.75) is 18.9 Å². The van der Waals surface area contributed by atoms with Crippen LogP contribution in [-0.4, -0.2) is 24.5 Å². The van der Waals surface area contributed by atoms with Crippen molar-refractivity contribution in [1.29, 1.82) is 0 Å². The van der Waals surface area contributed by atoms with Crippen molar-refractivity contribution < 1.29 is 14.3 Å². The number of carbonyl (C=O) groups is 2. The molecular weight excluding hydrogens is 372 g/mol. The van der Waals surface area contributed by atoms with Gasteiger partial charge in [-0.15, -0.1) is 0 Å². The maximum absolute atomic E-state index is 12.1. The second kappa shape index (κ2) is 7.86. The second-order valence-corrected chi connectivity index (χ2v) is 7.57. The fourth-order valence-electron chi connectivity index (χ4n) is 3.36. The third-order valence-electron chi connectivity index (χ3n) is 4.78. The van der Waals surface area contributed by atoms with E-state index in [0.29, 0.717) is 18.5 Å². The summed E-state index contributed by atoms with van der Waals surface area (Å²) in [6.07, 6.45) is 1.05. The Morgan fingerprint density at radius 3 is 2.68 bits per heavy atom. The van der Waals surface area contributed by atoms with Gasteiger partial charge in [0.1, 0.15) is 11.9 Å². The zero-order valence-corrected chi connectivity index (χ0v) is 16.0. The van der Waals surface area contributed by atoms with Crippen LogP contribution < -0.4 is 15.8 Å². The van der Waals surface area contributed by atoms with Crippen LogP contribution in [0.25, 0.3) is 11.1 Å². The number of nitrogens with two attached hydrogens (primary N) is 1. The molecule has 1 aliphatic heterocycles. The Hall–Kier alpha value is -3.12. The number of thiophene rings is 1. The van der Waals surface area contributed by atoms with Gasteiger partial charge in [-0.1, -0.05) is 30.3 Å². The SMILES string of the molecule is NC(=O)c1ccc(-c2cccc3c2OC(CNC(=O)Cc2ccsc2)C3)cc1. The summed E-state index contributed by atoms with van der Waals surface area (Å²) >= 11 is 1.59. The van der Waals surface area contributed by atoms with Gasteiger partial charge in [0.15, 0.2) is 0 Å². The molecule has 0 radical (unpaired) electrons. The first-order valence-corrected chi connectivity index (χ1v) is 10.0. The summed E-state index contributed by atoms with van der Waals surface area (Å²) in [5.41, 5.74) is 9.87. The minimum Gasteiger partial charge on any atom is -0.487 e. The van der Waals surface area contributed by atoms with Gasteiger partial charge in [0.05, 0.1) is 13.0 Å². The van der Waals surface area contributed by atoms with Crippen LogP contribution >= 0.6 is 11.3 Å². The number of hydrogen-bond acceptors (Lipinski definition) is 4. The highest BCUT2D eigenvalue weighted by molar-refractivity contribution is 7.08. The summed E-state index contributed by atoms with van der Waals surface area (Å²) in [5, 5.41) is 6.92. The summed E-state index contributed by atoms with van der Waals surface area (Å²) in [5.74, 6) is 0.394. The van der Waals surface area contributed by atoms with Crippen molar-refractivity contribution in [2.24, 2.45) is 5.73 Å². The summed E-state index contributed by atoms with van der Waals surface area (Å²) in [6, 6.07) is 15.2. The Labute approximate surface area is 167 Å². The van der Waals surface area contributed by atoms with Gasteiger partial charge in [0.25, 0.3) is 0 Å². The number of hydrogen-bond donors (Lipinski definition) is 2. The Kier molecular flexibility index (Phi) is 5.12. The topological polar surface area (TPSA) is 81.4 Å². The molecule has 4 rings (SSSR count). The van der Waals surface area contributed by atoms with Crippen LogP contribution in [0.5, 0.6) is 5.75 Å². The molecule has 1 unspecified atom stereocenters. The van der Waals surface area contributed by atoms with E-state index < -0.39 is 5.91 Å². The Balaban J connectivity index is 1.43. The first kappa shape index (κ1) is 18.3. The lowest BCUT2D eigenvalue weighted by Gasteiger charge is -2.13. The normalized spacial score (nSPS) is 14.9. The highest BCUT2D eigenvalue weighted by Gasteiger charge is 2.26. The van der Waals surface area contributed by atoms with Gasteiger partial charge >= 0.3 is 0 Å². The first-order valence-electron chi connectivity index (χ1n) is 9.06. The van der Waals surface area contributed by atoms with Crippen LogP contribution in [0.1, 0.15) is 21.5 Å². The Morgan fingerprint density at radius 1 is 1.14 bits per heavy atom. The number of nitrogens with one attached hydrogen (secondary N) is 1. The smallest absolute Gasteiger partial charge is 0.248 e. The third kappa shape index (κ3) is 3.92. The molecule has 0 aliphatic carbocycles. The average Bonchev–Trinajstić information content (AvgIpc) is 3.35. The maximum atomic E-state index is 12.1. The predicted octanol–water partition coefficient (Wildman–Crippen LogP) is 3.18. The monoisotopic (exact) mass is 392 g/mol. The van der Waals surface area contributed by atoms with Crippen molar-refractivity contribution in [3.8, 4) is 16.9 Å². The molecule has 0 spiro atoms. The van der Waals surface area contributed by atoms with Crippen LogP contribution in [-0.2, 0) is 17.6 Å². The zero-order chi connectivity index (χ0) is 19.5. The van der Waals surface area contributed by atoms with Crippen LogP contribution in [0, 0.1) is 0 Å². The quantitative estimate of drug-likeness (QED) is 0.676. The van der Waals surface area contributed by atoms with Gasteiger partial charge in [-0.05, 0) is 45.6 Å². The lowest BCUT2D eigenvalue weighted by Crippen LogP contribution is -2.35. The van der Waals surface area contributed by atoms with E-state index in [1.807, 2.05) is 47.2 Å². The van der Waals surface area contributed by atoms with Crippen LogP contribution in [0.4, 0.5) is 0 Å². The van der Waals surface area contributed by atoms with E-state index >= 15 is 0 Å². The number of ether oxygens (including phenoxy) is 1. The minimum absolute atomic E-state index is 0.000204. The van der Waals surface area contributed by atoms with Gasteiger partial charge in [-0.2, -0.15) is 11.3 Å². The second-order valence-electron chi connectivity index (χ2n) is 6.79. The highest BCUT2D eigenvalue weighted by Crippen LogP contribution is 2.38. The first-order chi connectivity index (χ1) is 13.6. The molecule has 2 heterocycles. The van der Waals surface area contributed by atoms with E-state index in [-0.39, 0.29) is 12.0 Å². The Bertz CT molecular complexity index is 997. The summed E-state index contributed by atoms with van der Waals surface area (Å²) in [4.78, 5) is 23.4.